The molecule has 1 aromatic carbocycles. The van der Waals surface area contributed by atoms with Crippen molar-refractivity contribution >= 4 is 44.7 Å². The third-order valence-corrected chi connectivity index (χ3v) is 5.25. The van der Waals surface area contributed by atoms with Crippen molar-refractivity contribution in [1.29, 1.82) is 0 Å². The van der Waals surface area contributed by atoms with Crippen molar-refractivity contribution in [3.05, 3.63) is 50.1 Å². The summed E-state index contributed by atoms with van der Waals surface area (Å²) in [6.45, 7) is 1.75. The van der Waals surface area contributed by atoms with E-state index in [2.05, 4.69) is 0 Å². The van der Waals surface area contributed by atoms with Gasteiger partial charge in [-0.3, -0.25) is 4.18 Å². The minimum absolute atomic E-state index is 0.121. The maximum absolute atomic E-state index is 11.9. The first-order valence-corrected chi connectivity index (χ1v) is 8.26. The predicted octanol–water partition coefficient (Wildman–Crippen LogP) is 4.27. The van der Waals surface area contributed by atoms with E-state index < -0.39 is 10.1 Å². The molecule has 0 saturated heterocycles. The van der Waals surface area contributed by atoms with Gasteiger partial charge in [-0.1, -0.05) is 40.9 Å². The van der Waals surface area contributed by atoms with Crippen LogP contribution in [0.15, 0.2) is 35.2 Å². The summed E-state index contributed by atoms with van der Waals surface area (Å²) in [4.78, 5) is 0.121. The highest BCUT2D eigenvalue weighted by Gasteiger charge is 2.16. The van der Waals surface area contributed by atoms with E-state index in [1.54, 1.807) is 18.2 Å². The Bertz CT molecular complexity index is 676. The molecule has 0 saturated carbocycles. The first kappa shape index (κ1) is 14.8. The number of halogens is 2. The fraction of sp³-hybridized carbons (Fsp3) is 0.167. The van der Waals surface area contributed by atoms with E-state index in [0.717, 1.165) is 5.56 Å². The van der Waals surface area contributed by atoms with E-state index in [9.17, 15) is 8.42 Å². The largest absolute Gasteiger partial charge is 0.297 e. The first-order chi connectivity index (χ1) is 8.88. The van der Waals surface area contributed by atoms with Gasteiger partial charge in [0, 0.05) is 5.56 Å². The van der Waals surface area contributed by atoms with Crippen LogP contribution in [0.3, 0.4) is 0 Å². The van der Waals surface area contributed by atoms with E-state index in [0.29, 0.717) is 14.2 Å². The van der Waals surface area contributed by atoms with Gasteiger partial charge in [-0.25, -0.2) is 0 Å². The first-order valence-electron chi connectivity index (χ1n) is 5.28. The zero-order chi connectivity index (χ0) is 14.0. The van der Waals surface area contributed by atoms with Crippen molar-refractivity contribution in [2.45, 2.75) is 18.4 Å². The Balaban J connectivity index is 2.14. The van der Waals surface area contributed by atoms with Gasteiger partial charge in [0.2, 0.25) is 0 Å². The van der Waals surface area contributed by atoms with Gasteiger partial charge in [-0.05, 0) is 25.1 Å². The van der Waals surface area contributed by atoms with Gasteiger partial charge in [-0.2, -0.15) is 8.42 Å². The SMILES string of the molecule is Cc1ccc(S(=O)(=O)OCc2cc(Cl)sc2Cl)cc1. The zero-order valence-corrected chi connectivity index (χ0v) is 13.0. The number of hydrogen-bond acceptors (Lipinski definition) is 4. The maximum Gasteiger partial charge on any atom is 0.297 e. The molecule has 0 N–H and O–H groups in total. The zero-order valence-electron chi connectivity index (χ0n) is 9.89. The van der Waals surface area contributed by atoms with Crippen molar-refractivity contribution in [3.8, 4) is 0 Å². The lowest BCUT2D eigenvalue weighted by Crippen LogP contribution is -2.06. The second-order valence-electron chi connectivity index (χ2n) is 3.88. The number of thiophene rings is 1. The third kappa shape index (κ3) is 3.70. The van der Waals surface area contributed by atoms with E-state index in [1.807, 2.05) is 6.92 Å². The highest BCUT2D eigenvalue weighted by Crippen LogP contribution is 2.32. The van der Waals surface area contributed by atoms with Gasteiger partial charge in [0.05, 0.1) is 20.2 Å². The van der Waals surface area contributed by atoms with E-state index in [-0.39, 0.29) is 11.5 Å². The molecule has 0 fully saturated rings. The van der Waals surface area contributed by atoms with E-state index in [4.69, 9.17) is 27.4 Å². The van der Waals surface area contributed by atoms with Crippen LogP contribution in [0.5, 0.6) is 0 Å². The molecule has 0 amide bonds. The van der Waals surface area contributed by atoms with Crippen LogP contribution in [-0.2, 0) is 20.9 Å². The molecule has 0 atom stereocenters. The molecule has 0 bridgehead atoms. The van der Waals surface area contributed by atoms with Crippen LogP contribution in [0.2, 0.25) is 8.67 Å². The lowest BCUT2D eigenvalue weighted by molar-refractivity contribution is 0.308. The maximum atomic E-state index is 11.9. The Labute approximate surface area is 125 Å². The lowest BCUT2D eigenvalue weighted by atomic mass is 10.2. The molecular weight excluding hydrogens is 327 g/mol. The van der Waals surface area contributed by atoms with Gasteiger partial charge in [0.1, 0.15) is 0 Å². The molecule has 0 radical (unpaired) electrons. The van der Waals surface area contributed by atoms with E-state index in [1.165, 1.54) is 23.5 Å². The van der Waals surface area contributed by atoms with Crippen molar-refractivity contribution < 1.29 is 12.6 Å². The molecule has 0 aliphatic carbocycles. The third-order valence-electron chi connectivity index (χ3n) is 2.41. The van der Waals surface area contributed by atoms with Gasteiger partial charge < -0.3 is 0 Å². The molecular formula is C12H10Cl2O3S2. The topological polar surface area (TPSA) is 43.4 Å². The molecule has 1 heterocycles. The average molecular weight is 337 g/mol. The highest BCUT2D eigenvalue weighted by atomic mass is 35.5. The fourth-order valence-electron chi connectivity index (χ4n) is 1.39. The van der Waals surface area contributed by atoms with Crippen molar-refractivity contribution in [1.82, 2.24) is 0 Å². The Morgan fingerprint density at radius 3 is 2.37 bits per heavy atom. The summed E-state index contributed by atoms with van der Waals surface area (Å²) >= 11 is 12.9. The van der Waals surface area contributed by atoms with Crippen molar-refractivity contribution in [3.63, 3.8) is 0 Å². The van der Waals surface area contributed by atoms with Crippen LogP contribution < -0.4 is 0 Å². The van der Waals surface area contributed by atoms with Crippen LogP contribution in [0.1, 0.15) is 11.1 Å². The van der Waals surface area contributed by atoms with Crippen molar-refractivity contribution in [2.75, 3.05) is 0 Å². The summed E-state index contributed by atoms with van der Waals surface area (Å²) in [5, 5.41) is 0. The molecule has 0 spiro atoms. The van der Waals surface area contributed by atoms with Gasteiger partial charge in [0.25, 0.3) is 10.1 Å². The van der Waals surface area contributed by atoms with Crippen molar-refractivity contribution in [2.24, 2.45) is 0 Å². The van der Waals surface area contributed by atoms with Crippen LogP contribution in [0, 0.1) is 6.92 Å². The highest BCUT2D eigenvalue weighted by molar-refractivity contribution is 7.86. The molecule has 102 valence electrons. The number of benzene rings is 1. The molecule has 1 aromatic heterocycles. The molecule has 0 aliphatic rings. The Hall–Kier alpha value is -0.590. The summed E-state index contributed by atoms with van der Waals surface area (Å²) in [6, 6.07) is 8.04. The Morgan fingerprint density at radius 2 is 1.84 bits per heavy atom. The minimum Gasteiger partial charge on any atom is -0.261 e. The predicted molar refractivity (Wildman–Crippen MR) is 77.5 cm³/mol. The minimum atomic E-state index is -3.78. The van der Waals surface area contributed by atoms with Gasteiger partial charge in [-0.15, -0.1) is 11.3 Å². The Morgan fingerprint density at radius 1 is 1.21 bits per heavy atom. The molecule has 0 aliphatic heterocycles. The molecule has 2 rings (SSSR count). The molecule has 3 nitrogen and oxygen atoms in total. The normalized spacial score (nSPS) is 11.7. The average Bonchev–Trinajstić information content (AvgIpc) is 2.66. The standard InChI is InChI=1S/C12H10Cl2O3S2/c1-8-2-4-10(5-3-8)19(15,16)17-7-9-6-11(13)18-12(9)14/h2-6H,7H2,1H3. The summed E-state index contributed by atoms with van der Waals surface area (Å²) in [7, 11) is -3.78. The van der Waals surface area contributed by atoms with Crippen LogP contribution in [0.4, 0.5) is 0 Å². The summed E-state index contributed by atoms with van der Waals surface area (Å²) in [5.74, 6) is 0. The second-order valence-corrected chi connectivity index (χ2v) is 7.78. The quantitative estimate of drug-likeness (QED) is 0.783. The van der Waals surface area contributed by atoms with Crippen LogP contribution in [-0.4, -0.2) is 8.42 Å². The number of aryl methyl sites for hydroxylation is 1. The van der Waals surface area contributed by atoms with Crippen LogP contribution >= 0.6 is 34.5 Å². The van der Waals surface area contributed by atoms with E-state index >= 15 is 0 Å². The molecule has 0 unspecified atom stereocenters. The summed E-state index contributed by atoms with van der Waals surface area (Å²) in [6.07, 6.45) is 0. The summed E-state index contributed by atoms with van der Waals surface area (Å²) in [5.41, 5.74) is 1.54. The molecule has 7 heteroatoms. The van der Waals surface area contributed by atoms with Crippen LogP contribution in [0.25, 0.3) is 0 Å². The van der Waals surface area contributed by atoms with Gasteiger partial charge >= 0.3 is 0 Å². The Kier molecular flexibility index (Phi) is 4.53. The lowest BCUT2D eigenvalue weighted by Gasteiger charge is -2.05. The monoisotopic (exact) mass is 336 g/mol. The summed E-state index contributed by atoms with van der Waals surface area (Å²) < 4.78 is 29.8. The molecule has 2 aromatic rings. The number of hydrogen-bond donors (Lipinski definition) is 0. The second kappa shape index (κ2) is 5.81. The smallest absolute Gasteiger partial charge is 0.261 e. The fourth-order valence-corrected chi connectivity index (χ4v) is 3.74. The molecule has 19 heavy (non-hydrogen) atoms. The van der Waals surface area contributed by atoms with Gasteiger partial charge in [0.15, 0.2) is 0 Å². The number of rotatable bonds is 4.